The predicted molar refractivity (Wildman–Crippen MR) is 123 cm³/mol. The van der Waals surface area contributed by atoms with Crippen molar-refractivity contribution >= 4 is 40.4 Å². The van der Waals surface area contributed by atoms with E-state index in [0.29, 0.717) is 18.0 Å². The SMILES string of the molecule is N=C(N)NCCCc1ccc(NC(=O)c2ccc(C3=CCN(C(=N)N)CC3)s2)cc1. The number of nitrogens with zero attached hydrogens (tertiary/aromatic N) is 1. The van der Waals surface area contributed by atoms with Crippen molar-refractivity contribution in [2.75, 3.05) is 25.0 Å². The molecule has 1 aromatic carbocycles. The minimum atomic E-state index is -0.119. The molecular formula is C21H27N7OS. The number of aryl methyl sites for hydroxylation is 1. The number of nitrogens with one attached hydrogen (secondary N) is 4. The van der Waals surface area contributed by atoms with Gasteiger partial charge in [0.1, 0.15) is 0 Å². The lowest BCUT2D eigenvalue weighted by atomic mass is 10.1. The maximum absolute atomic E-state index is 12.6. The average Bonchev–Trinajstić information content (AvgIpc) is 3.23. The highest BCUT2D eigenvalue weighted by Gasteiger charge is 2.17. The standard InChI is InChI=1S/C21H27N7OS/c22-20(23)26-11-1-2-14-3-5-16(6-4-14)27-19(29)18-8-7-17(30-18)15-9-12-28(13-10-15)21(24)25/h3-9H,1-2,10-13H2,(H3,24,25)(H,27,29)(H4,22,23,26). The number of amides is 1. The van der Waals surface area contributed by atoms with Gasteiger partial charge in [-0.2, -0.15) is 0 Å². The first-order valence-electron chi connectivity index (χ1n) is 9.79. The number of benzene rings is 1. The molecule has 8 N–H and O–H groups in total. The molecule has 0 radical (unpaired) electrons. The van der Waals surface area contributed by atoms with E-state index >= 15 is 0 Å². The molecule has 3 rings (SSSR count). The summed E-state index contributed by atoms with van der Waals surface area (Å²) < 4.78 is 0. The van der Waals surface area contributed by atoms with Crippen molar-refractivity contribution in [3.05, 3.63) is 57.8 Å². The second-order valence-corrected chi connectivity index (χ2v) is 8.15. The lowest BCUT2D eigenvalue weighted by Crippen LogP contribution is -2.39. The van der Waals surface area contributed by atoms with E-state index in [4.69, 9.17) is 22.3 Å². The van der Waals surface area contributed by atoms with Crippen LogP contribution >= 0.6 is 11.3 Å². The van der Waals surface area contributed by atoms with Crippen LogP contribution in [0.25, 0.3) is 5.57 Å². The van der Waals surface area contributed by atoms with E-state index in [9.17, 15) is 4.79 Å². The first kappa shape index (κ1) is 21.4. The Morgan fingerprint density at radius 2 is 1.90 bits per heavy atom. The molecule has 0 spiro atoms. The summed E-state index contributed by atoms with van der Waals surface area (Å²) >= 11 is 1.48. The highest BCUT2D eigenvalue weighted by atomic mass is 32.1. The molecule has 2 heterocycles. The molecular weight excluding hydrogens is 398 g/mol. The van der Waals surface area contributed by atoms with Gasteiger partial charge in [-0.3, -0.25) is 15.6 Å². The predicted octanol–water partition coefficient (Wildman–Crippen LogP) is 2.40. The molecule has 1 aliphatic heterocycles. The zero-order chi connectivity index (χ0) is 21.5. The van der Waals surface area contributed by atoms with Gasteiger partial charge in [0.2, 0.25) is 0 Å². The van der Waals surface area contributed by atoms with E-state index in [1.165, 1.54) is 22.5 Å². The van der Waals surface area contributed by atoms with Gasteiger partial charge in [0.15, 0.2) is 11.9 Å². The molecule has 158 valence electrons. The zero-order valence-electron chi connectivity index (χ0n) is 16.7. The summed E-state index contributed by atoms with van der Waals surface area (Å²) in [5.74, 6) is -0.0377. The highest BCUT2D eigenvalue weighted by molar-refractivity contribution is 7.15. The van der Waals surface area contributed by atoms with Gasteiger partial charge in [-0.25, -0.2) is 0 Å². The van der Waals surface area contributed by atoms with E-state index < -0.39 is 0 Å². The molecule has 1 aliphatic rings. The Kier molecular flexibility index (Phi) is 7.08. The number of nitrogens with two attached hydrogens (primary N) is 2. The summed E-state index contributed by atoms with van der Waals surface area (Å²) in [5, 5.41) is 20.4. The Balaban J connectivity index is 1.53. The van der Waals surface area contributed by atoms with Crippen LogP contribution in [0.15, 0.2) is 42.5 Å². The number of anilines is 1. The molecule has 1 amide bonds. The highest BCUT2D eigenvalue weighted by Crippen LogP contribution is 2.29. The summed E-state index contributed by atoms with van der Waals surface area (Å²) in [6, 6.07) is 11.6. The van der Waals surface area contributed by atoms with Gasteiger partial charge < -0.3 is 27.0 Å². The van der Waals surface area contributed by atoms with Crippen molar-refractivity contribution in [2.24, 2.45) is 11.5 Å². The number of rotatable bonds is 7. The van der Waals surface area contributed by atoms with Crippen molar-refractivity contribution in [1.82, 2.24) is 10.2 Å². The number of carbonyl (C=O) groups excluding carboxylic acids is 1. The third kappa shape index (κ3) is 5.84. The Hall–Kier alpha value is -3.33. The molecule has 30 heavy (non-hydrogen) atoms. The number of carbonyl (C=O) groups is 1. The number of hydrogen-bond donors (Lipinski definition) is 6. The lowest BCUT2D eigenvalue weighted by Gasteiger charge is -2.26. The topological polar surface area (TPSA) is 144 Å². The molecule has 0 saturated carbocycles. The summed E-state index contributed by atoms with van der Waals surface area (Å²) in [6.45, 7) is 2.01. The first-order valence-corrected chi connectivity index (χ1v) is 10.6. The normalized spacial score (nSPS) is 13.5. The maximum Gasteiger partial charge on any atom is 0.265 e. The fourth-order valence-electron chi connectivity index (χ4n) is 3.21. The number of thiophene rings is 1. The van der Waals surface area contributed by atoms with Crippen LogP contribution in [0.4, 0.5) is 5.69 Å². The minimum absolute atomic E-state index is 0.0115. The third-order valence-electron chi connectivity index (χ3n) is 4.87. The summed E-state index contributed by atoms with van der Waals surface area (Å²) in [6.07, 6.45) is 4.63. The lowest BCUT2D eigenvalue weighted by molar-refractivity contribution is 0.103. The molecule has 0 unspecified atom stereocenters. The summed E-state index contributed by atoms with van der Waals surface area (Å²) in [4.78, 5) is 16.2. The molecule has 0 bridgehead atoms. The van der Waals surface area contributed by atoms with Gasteiger partial charge in [-0.05, 0) is 54.7 Å². The fraction of sp³-hybridized carbons (Fsp3) is 0.286. The van der Waals surface area contributed by atoms with Crippen LogP contribution in [-0.4, -0.2) is 42.4 Å². The Morgan fingerprint density at radius 1 is 1.13 bits per heavy atom. The number of guanidine groups is 2. The third-order valence-corrected chi connectivity index (χ3v) is 6.03. The van der Waals surface area contributed by atoms with E-state index in [1.54, 1.807) is 0 Å². The van der Waals surface area contributed by atoms with Gasteiger partial charge in [-0.1, -0.05) is 18.2 Å². The van der Waals surface area contributed by atoms with E-state index in [1.807, 2.05) is 41.3 Å². The first-order chi connectivity index (χ1) is 14.4. The molecule has 8 nitrogen and oxygen atoms in total. The largest absolute Gasteiger partial charge is 0.370 e. The molecule has 0 fully saturated rings. The van der Waals surface area contributed by atoms with E-state index in [0.717, 1.165) is 36.4 Å². The van der Waals surface area contributed by atoms with Crippen LogP contribution in [0.2, 0.25) is 0 Å². The quantitative estimate of drug-likeness (QED) is 0.229. The zero-order valence-corrected chi connectivity index (χ0v) is 17.5. The van der Waals surface area contributed by atoms with Crippen molar-refractivity contribution < 1.29 is 4.79 Å². The van der Waals surface area contributed by atoms with Gasteiger partial charge >= 0.3 is 0 Å². The maximum atomic E-state index is 12.6. The van der Waals surface area contributed by atoms with Crippen LogP contribution in [0, 0.1) is 10.8 Å². The Labute approximate surface area is 180 Å². The van der Waals surface area contributed by atoms with Crippen LogP contribution in [0.3, 0.4) is 0 Å². The van der Waals surface area contributed by atoms with Gasteiger partial charge in [-0.15, -0.1) is 11.3 Å². The monoisotopic (exact) mass is 425 g/mol. The van der Waals surface area contributed by atoms with Crippen molar-refractivity contribution in [1.29, 1.82) is 10.8 Å². The van der Waals surface area contributed by atoms with E-state index in [-0.39, 0.29) is 17.8 Å². The van der Waals surface area contributed by atoms with Crippen LogP contribution < -0.4 is 22.1 Å². The van der Waals surface area contributed by atoms with Crippen molar-refractivity contribution in [2.45, 2.75) is 19.3 Å². The average molecular weight is 426 g/mol. The minimum Gasteiger partial charge on any atom is -0.370 e. The van der Waals surface area contributed by atoms with Gasteiger partial charge in [0.25, 0.3) is 5.91 Å². The molecule has 2 aromatic rings. The summed E-state index contributed by atoms with van der Waals surface area (Å²) in [7, 11) is 0. The number of hydrogen-bond acceptors (Lipinski definition) is 4. The van der Waals surface area contributed by atoms with Gasteiger partial charge in [0.05, 0.1) is 4.88 Å². The van der Waals surface area contributed by atoms with Crippen molar-refractivity contribution in [3.8, 4) is 0 Å². The molecule has 9 heteroatoms. The second kappa shape index (κ2) is 9.93. The van der Waals surface area contributed by atoms with Crippen LogP contribution in [-0.2, 0) is 6.42 Å². The van der Waals surface area contributed by atoms with E-state index in [2.05, 4.69) is 16.7 Å². The molecule has 0 aliphatic carbocycles. The molecule has 1 aromatic heterocycles. The Bertz CT molecular complexity index is 949. The van der Waals surface area contributed by atoms with Crippen molar-refractivity contribution in [3.63, 3.8) is 0 Å². The fourth-order valence-corrected chi connectivity index (χ4v) is 4.18. The van der Waals surface area contributed by atoms with Crippen LogP contribution in [0.1, 0.15) is 33.0 Å². The molecule has 0 atom stereocenters. The van der Waals surface area contributed by atoms with Crippen LogP contribution in [0.5, 0.6) is 0 Å². The summed E-state index contributed by atoms with van der Waals surface area (Å²) in [5.41, 5.74) is 13.9. The molecule has 0 saturated heterocycles. The Morgan fingerprint density at radius 3 is 2.53 bits per heavy atom. The smallest absolute Gasteiger partial charge is 0.265 e. The van der Waals surface area contributed by atoms with Gasteiger partial charge in [0, 0.05) is 30.2 Å². The second-order valence-electron chi connectivity index (χ2n) is 7.07.